The molecule has 0 radical (unpaired) electrons. The van der Waals surface area contributed by atoms with Gasteiger partial charge in [0, 0.05) is 14.1 Å². The minimum absolute atomic E-state index is 0.665. The average molecular weight is 206 g/mol. The predicted molar refractivity (Wildman–Crippen MR) is 63.1 cm³/mol. The van der Waals surface area contributed by atoms with Crippen molar-refractivity contribution in [2.24, 2.45) is 4.99 Å². The van der Waals surface area contributed by atoms with Gasteiger partial charge in [-0.15, -0.1) is 0 Å². The summed E-state index contributed by atoms with van der Waals surface area (Å²) in [6, 6.07) is 10.2. The predicted octanol–water partition coefficient (Wildman–Crippen LogP) is 1.79. The second kappa shape index (κ2) is 7.01. The van der Waals surface area contributed by atoms with Crippen molar-refractivity contribution in [3.8, 4) is 0 Å². The lowest BCUT2D eigenvalue weighted by Crippen LogP contribution is -2.09. The molecule has 3 heteroatoms. The maximum atomic E-state index is 5.47. The lowest BCUT2D eigenvalue weighted by Gasteiger charge is -2.04. The molecule has 0 N–H and O–H groups in total. The van der Waals surface area contributed by atoms with E-state index in [9.17, 15) is 0 Å². The molecule has 1 rings (SSSR count). The monoisotopic (exact) mass is 206 g/mol. The fourth-order valence-electron chi connectivity index (χ4n) is 1.10. The van der Waals surface area contributed by atoms with Gasteiger partial charge in [-0.3, -0.25) is 4.99 Å². The lowest BCUT2D eigenvalue weighted by molar-refractivity contribution is 0.128. The van der Waals surface area contributed by atoms with Gasteiger partial charge in [-0.1, -0.05) is 30.3 Å². The molecule has 0 spiro atoms. The second-order valence-corrected chi connectivity index (χ2v) is 3.52. The highest BCUT2D eigenvalue weighted by atomic mass is 16.5. The SMILES string of the molecule is CN(C)C=NCCOCc1ccccc1. The van der Waals surface area contributed by atoms with Crippen LogP contribution in [0.15, 0.2) is 35.3 Å². The van der Waals surface area contributed by atoms with Crippen LogP contribution in [-0.2, 0) is 11.3 Å². The Labute approximate surface area is 91.4 Å². The molecule has 1 aromatic carbocycles. The smallest absolute Gasteiger partial charge is 0.0845 e. The van der Waals surface area contributed by atoms with Gasteiger partial charge in [0.2, 0.25) is 0 Å². The van der Waals surface area contributed by atoms with E-state index in [0.717, 1.165) is 0 Å². The van der Waals surface area contributed by atoms with Crippen molar-refractivity contribution < 1.29 is 4.74 Å². The van der Waals surface area contributed by atoms with Crippen molar-refractivity contribution in [1.29, 1.82) is 0 Å². The van der Waals surface area contributed by atoms with Crippen LogP contribution in [0.5, 0.6) is 0 Å². The first kappa shape index (κ1) is 11.7. The molecule has 0 aromatic heterocycles. The molecule has 0 aliphatic rings. The zero-order chi connectivity index (χ0) is 10.9. The summed E-state index contributed by atoms with van der Waals surface area (Å²) >= 11 is 0. The van der Waals surface area contributed by atoms with Crippen LogP contribution in [0.4, 0.5) is 0 Å². The molecule has 0 atom stereocenters. The van der Waals surface area contributed by atoms with E-state index in [-0.39, 0.29) is 0 Å². The Kier molecular flexibility index (Phi) is 5.48. The van der Waals surface area contributed by atoms with Crippen LogP contribution in [0.3, 0.4) is 0 Å². The Hall–Kier alpha value is -1.35. The van der Waals surface area contributed by atoms with Gasteiger partial charge in [-0.25, -0.2) is 0 Å². The van der Waals surface area contributed by atoms with Crippen LogP contribution < -0.4 is 0 Å². The third-order valence-electron chi connectivity index (χ3n) is 1.79. The number of aliphatic imine (C=N–C) groups is 1. The van der Waals surface area contributed by atoms with Crippen LogP contribution in [0.1, 0.15) is 5.56 Å². The second-order valence-electron chi connectivity index (χ2n) is 3.52. The molecular formula is C12H18N2O. The molecule has 0 bridgehead atoms. The fraction of sp³-hybridized carbons (Fsp3) is 0.417. The van der Waals surface area contributed by atoms with Crippen LogP contribution in [0.25, 0.3) is 0 Å². The summed E-state index contributed by atoms with van der Waals surface area (Å²) in [5.41, 5.74) is 1.20. The minimum atomic E-state index is 0.665. The summed E-state index contributed by atoms with van der Waals surface area (Å²) in [6.45, 7) is 2.04. The standard InChI is InChI=1S/C12H18N2O/c1-14(2)11-13-8-9-15-10-12-6-4-3-5-7-12/h3-7,11H,8-10H2,1-2H3. The molecule has 0 amide bonds. The van der Waals surface area contributed by atoms with Gasteiger partial charge >= 0.3 is 0 Å². The summed E-state index contributed by atoms with van der Waals surface area (Å²) in [6.07, 6.45) is 1.80. The average Bonchev–Trinajstić information content (AvgIpc) is 2.24. The molecule has 3 nitrogen and oxygen atoms in total. The van der Waals surface area contributed by atoms with E-state index < -0.39 is 0 Å². The third-order valence-corrected chi connectivity index (χ3v) is 1.79. The Morgan fingerprint density at radius 3 is 2.67 bits per heavy atom. The number of nitrogens with zero attached hydrogens (tertiary/aromatic N) is 2. The molecule has 0 saturated heterocycles. The quantitative estimate of drug-likeness (QED) is 0.403. The molecule has 0 unspecified atom stereocenters. The van der Waals surface area contributed by atoms with Crippen LogP contribution in [-0.4, -0.2) is 38.5 Å². The maximum Gasteiger partial charge on any atom is 0.0845 e. The number of benzene rings is 1. The van der Waals surface area contributed by atoms with Gasteiger partial charge < -0.3 is 9.64 Å². The van der Waals surface area contributed by atoms with E-state index in [4.69, 9.17) is 4.74 Å². The highest BCUT2D eigenvalue weighted by molar-refractivity contribution is 5.53. The van der Waals surface area contributed by atoms with Crippen molar-refractivity contribution in [1.82, 2.24) is 4.90 Å². The Morgan fingerprint density at radius 1 is 1.27 bits per heavy atom. The molecule has 15 heavy (non-hydrogen) atoms. The van der Waals surface area contributed by atoms with Crippen LogP contribution in [0, 0.1) is 0 Å². The number of hydrogen-bond donors (Lipinski definition) is 0. The summed E-state index contributed by atoms with van der Waals surface area (Å²) in [5, 5.41) is 0. The van der Waals surface area contributed by atoms with E-state index in [1.165, 1.54) is 5.56 Å². The third kappa shape index (κ3) is 5.86. The van der Waals surface area contributed by atoms with E-state index in [1.54, 1.807) is 6.34 Å². The highest BCUT2D eigenvalue weighted by Gasteiger charge is 1.90. The summed E-state index contributed by atoms with van der Waals surface area (Å²) in [7, 11) is 3.91. The molecule has 1 aromatic rings. The molecule has 0 aliphatic carbocycles. The number of hydrogen-bond acceptors (Lipinski definition) is 2. The minimum Gasteiger partial charge on any atom is -0.375 e. The largest absolute Gasteiger partial charge is 0.375 e. The van der Waals surface area contributed by atoms with Gasteiger partial charge in [0.25, 0.3) is 0 Å². The van der Waals surface area contributed by atoms with E-state index in [2.05, 4.69) is 17.1 Å². The van der Waals surface area contributed by atoms with E-state index >= 15 is 0 Å². The lowest BCUT2D eigenvalue weighted by atomic mass is 10.2. The van der Waals surface area contributed by atoms with Gasteiger partial charge in [0.1, 0.15) is 0 Å². The summed E-state index contributed by atoms with van der Waals surface area (Å²) < 4.78 is 5.47. The van der Waals surface area contributed by atoms with Gasteiger partial charge in [-0.05, 0) is 5.56 Å². The van der Waals surface area contributed by atoms with Gasteiger partial charge in [-0.2, -0.15) is 0 Å². The van der Waals surface area contributed by atoms with Crippen molar-refractivity contribution in [2.75, 3.05) is 27.2 Å². The summed E-state index contributed by atoms with van der Waals surface area (Å²) in [4.78, 5) is 6.09. The van der Waals surface area contributed by atoms with Crippen LogP contribution in [0.2, 0.25) is 0 Å². The van der Waals surface area contributed by atoms with Gasteiger partial charge in [0.15, 0.2) is 0 Å². The van der Waals surface area contributed by atoms with Crippen molar-refractivity contribution in [3.63, 3.8) is 0 Å². The summed E-state index contributed by atoms with van der Waals surface area (Å²) in [5.74, 6) is 0. The topological polar surface area (TPSA) is 24.8 Å². The molecule has 0 aliphatic heterocycles. The van der Waals surface area contributed by atoms with E-state index in [0.29, 0.717) is 19.8 Å². The Balaban J connectivity index is 2.07. The fourth-order valence-corrected chi connectivity index (χ4v) is 1.10. The first-order valence-electron chi connectivity index (χ1n) is 5.07. The number of rotatable bonds is 6. The molecule has 82 valence electrons. The van der Waals surface area contributed by atoms with Crippen molar-refractivity contribution in [2.45, 2.75) is 6.61 Å². The molecule has 0 fully saturated rings. The molecule has 0 saturated carbocycles. The first-order chi connectivity index (χ1) is 7.29. The molecule has 0 heterocycles. The number of ether oxygens (including phenoxy) is 1. The Morgan fingerprint density at radius 2 is 2.00 bits per heavy atom. The van der Waals surface area contributed by atoms with Gasteiger partial charge in [0.05, 0.1) is 26.1 Å². The molecular weight excluding hydrogens is 188 g/mol. The maximum absolute atomic E-state index is 5.47. The zero-order valence-electron chi connectivity index (χ0n) is 9.39. The normalized spacial score (nSPS) is 10.8. The Bertz CT molecular complexity index is 283. The zero-order valence-corrected chi connectivity index (χ0v) is 9.39. The van der Waals surface area contributed by atoms with Crippen molar-refractivity contribution >= 4 is 6.34 Å². The highest BCUT2D eigenvalue weighted by Crippen LogP contribution is 1.99. The van der Waals surface area contributed by atoms with E-state index in [1.807, 2.05) is 37.2 Å². The first-order valence-corrected chi connectivity index (χ1v) is 5.07. The van der Waals surface area contributed by atoms with Crippen LogP contribution >= 0.6 is 0 Å². The van der Waals surface area contributed by atoms with Crippen molar-refractivity contribution in [3.05, 3.63) is 35.9 Å².